The van der Waals surface area contributed by atoms with Crippen molar-refractivity contribution >= 4 is 0 Å². The number of aromatic nitrogens is 1. The number of hydrogen-bond acceptors (Lipinski definition) is 3. The average molecular weight is 274 g/mol. The minimum absolute atomic E-state index is 0.0656. The Labute approximate surface area is 115 Å². The highest BCUT2D eigenvalue weighted by Crippen LogP contribution is 2.23. The maximum atomic E-state index is 13.5. The molecule has 0 saturated heterocycles. The van der Waals surface area contributed by atoms with Crippen LogP contribution in [-0.4, -0.2) is 11.6 Å². The minimum Gasteiger partial charge on any atom is -0.488 e. The van der Waals surface area contributed by atoms with Gasteiger partial charge in [0.25, 0.3) is 0 Å². The Bertz CT molecular complexity index is 601. The third-order valence-corrected chi connectivity index (χ3v) is 2.73. The van der Waals surface area contributed by atoms with Crippen LogP contribution in [0.2, 0.25) is 0 Å². The molecule has 0 aliphatic rings. The average Bonchev–Trinajstić information content (AvgIpc) is 2.46. The molecule has 1 aromatic carbocycles. The molecule has 0 amide bonds. The molecule has 0 aliphatic heterocycles. The highest BCUT2D eigenvalue weighted by atomic mass is 19.1. The molecule has 0 radical (unpaired) electrons. The summed E-state index contributed by atoms with van der Waals surface area (Å²) < 4.78 is 32.2. The summed E-state index contributed by atoms with van der Waals surface area (Å²) in [7, 11) is 0. The topological polar surface area (TPSA) is 45.9 Å². The summed E-state index contributed by atoms with van der Waals surface area (Å²) in [4.78, 5) is 3.90. The number of halogens is 2. The summed E-state index contributed by atoms with van der Waals surface area (Å²) in [5.74, 6) is -2.14. The van der Waals surface area contributed by atoms with E-state index in [4.69, 9.17) is 10.00 Å². The number of benzene rings is 1. The van der Waals surface area contributed by atoms with Gasteiger partial charge in [0.2, 0.25) is 0 Å². The van der Waals surface area contributed by atoms with E-state index in [1.807, 2.05) is 12.1 Å². The van der Waals surface area contributed by atoms with Crippen molar-refractivity contribution < 1.29 is 13.5 Å². The van der Waals surface area contributed by atoms with E-state index in [0.717, 1.165) is 24.1 Å². The molecule has 0 N–H and O–H groups in total. The van der Waals surface area contributed by atoms with Gasteiger partial charge in [0.15, 0.2) is 17.4 Å². The highest BCUT2D eigenvalue weighted by Gasteiger charge is 2.12. The number of nitrogens with zero attached hydrogens (tertiary/aromatic N) is 2. The van der Waals surface area contributed by atoms with Gasteiger partial charge in [0.05, 0.1) is 18.2 Å². The lowest BCUT2D eigenvalue weighted by Gasteiger charge is -2.08. The summed E-state index contributed by atoms with van der Waals surface area (Å²) in [6.45, 7) is 0.196. The van der Waals surface area contributed by atoms with Crippen molar-refractivity contribution in [3.8, 4) is 11.8 Å². The molecule has 102 valence electrons. The second kappa shape index (κ2) is 6.62. The van der Waals surface area contributed by atoms with Gasteiger partial charge in [-0.3, -0.25) is 4.98 Å². The van der Waals surface area contributed by atoms with E-state index in [1.165, 1.54) is 0 Å². The molecule has 0 unspecified atom stereocenters. The molecule has 2 rings (SSSR count). The molecule has 20 heavy (non-hydrogen) atoms. The zero-order valence-corrected chi connectivity index (χ0v) is 10.6. The van der Waals surface area contributed by atoms with E-state index < -0.39 is 17.4 Å². The van der Waals surface area contributed by atoms with E-state index in [0.29, 0.717) is 6.42 Å². The fraction of sp³-hybridized carbons (Fsp3) is 0.200. The summed E-state index contributed by atoms with van der Waals surface area (Å²) in [5, 5.41) is 8.59. The second-order valence-corrected chi connectivity index (χ2v) is 4.19. The fourth-order valence-electron chi connectivity index (χ4n) is 1.76. The first-order valence-corrected chi connectivity index (χ1v) is 6.11. The van der Waals surface area contributed by atoms with E-state index >= 15 is 0 Å². The Morgan fingerprint density at radius 3 is 2.40 bits per heavy atom. The van der Waals surface area contributed by atoms with Crippen LogP contribution in [0.4, 0.5) is 8.78 Å². The fourth-order valence-corrected chi connectivity index (χ4v) is 1.76. The summed E-state index contributed by atoms with van der Waals surface area (Å²) in [5.41, 5.74) is 1.02. The van der Waals surface area contributed by atoms with Gasteiger partial charge in [-0.2, -0.15) is 5.26 Å². The van der Waals surface area contributed by atoms with Crippen LogP contribution in [0.3, 0.4) is 0 Å². The third kappa shape index (κ3) is 3.51. The Morgan fingerprint density at radius 1 is 1.15 bits per heavy atom. The zero-order valence-electron chi connectivity index (χ0n) is 10.6. The van der Waals surface area contributed by atoms with Crippen LogP contribution in [0.25, 0.3) is 0 Å². The molecule has 0 saturated carbocycles. The SMILES string of the molecule is N#Cc1cc(F)c(OCCCc2ccncc2)c(F)c1. The lowest BCUT2D eigenvalue weighted by molar-refractivity contribution is 0.280. The Hall–Kier alpha value is -2.48. The molecule has 0 bridgehead atoms. The van der Waals surface area contributed by atoms with E-state index in [-0.39, 0.29) is 12.2 Å². The van der Waals surface area contributed by atoms with Crippen LogP contribution >= 0.6 is 0 Å². The molecular formula is C15H12F2N2O. The van der Waals surface area contributed by atoms with Gasteiger partial charge in [-0.05, 0) is 42.7 Å². The molecule has 1 heterocycles. The van der Waals surface area contributed by atoms with E-state index in [1.54, 1.807) is 18.5 Å². The van der Waals surface area contributed by atoms with E-state index in [9.17, 15) is 8.78 Å². The first kappa shape index (κ1) is 13.9. The number of pyridine rings is 1. The van der Waals surface area contributed by atoms with Gasteiger partial charge in [0, 0.05) is 12.4 Å². The highest BCUT2D eigenvalue weighted by molar-refractivity contribution is 5.37. The largest absolute Gasteiger partial charge is 0.488 e. The van der Waals surface area contributed by atoms with Crippen molar-refractivity contribution in [2.75, 3.05) is 6.61 Å². The molecule has 0 aliphatic carbocycles. The van der Waals surface area contributed by atoms with Crippen LogP contribution in [0.1, 0.15) is 17.5 Å². The van der Waals surface area contributed by atoms with Crippen molar-refractivity contribution in [2.24, 2.45) is 0 Å². The first-order valence-electron chi connectivity index (χ1n) is 6.11. The van der Waals surface area contributed by atoms with Crippen LogP contribution in [0.15, 0.2) is 36.7 Å². The van der Waals surface area contributed by atoms with Gasteiger partial charge in [-0.25, -0.2) is 8.78 Å². The maximum Gasteiger partial charge on any atom is 0.190 e. The number of hydrogen-bond donors (Lipinski definition) is 0. The van der Waals surface area contributed by atoms with Crippen molar-refractivity contribution in [1.29, 1.82) is 5.26 Å². The Kier molecular flexibility index (Phi) is 4.61. The van der Waals surface area contributed by atoms with Gasteiger partial charge < -0.3 is 4.74 Å². The normalized spacial score (nSPS) is 10.1. The monoisotopic (exact) mass is 274 g/mol. The van der Waals surface area contributed by atoms with Gasteiger partial charge in [-0.1, -0.05) is 0 Å². The van der Waals surface area contributed by atoms with Crippen LogP contribution in [0.5, 0.6) is 5.75 Å². The van der Waals surface area contributed by atoms with E-state index in [2.05, 4.69) is 4.98 Å². The lowest BCUT2D eigenvalue weighted by atomic mass is 10.1. The first-order chi connectivity index (χ1) is 9.70. The number of aryl methyl sites for hydroxylation is 1. The number of nitriles is 1. The zero-order chi connectivity index (χ0) is 14.4. The molecule has 3 nitrogen and oxygen atoms in total. The predicted octanol–water partition coefficient (Wildman–Crippen LogP) is 3.24. The molecule has 0 atom stereocenters. The molecule has 0 spiro atoms. The van der Waals surface area contributed by atoms with Gasteiger partial charge in [0.1, 0.15) is 0 Å². The molecule has 1 aromatic heterocycles. The van der Waals surface area contributed by atoms with Crippen LogP contribution in [0, 0.1) is 23.0 Å². The molecule has 2 aromatic rings. The summed E-state index contributed by atoms with van der Waals surface area (Å²) in [6, 6.07) is 7.36. The molecular weight excluding hydrogens is 262 g/mol. The number of rotatable bonds is 5. The molecule has 0 fully saturated rings. The van der Waals surface area contributed by atoms with Crippen LogP contribution in [-0.2, 0) is 6.42 Å². The number of ether oxygens (including phenoxy) is 1. The van der Waals surface area contributed by atoms with Crippen molar-refractivity contribution in [3.63, 3.8) is 0 Å². The summed E-state index contributed by atoms with van der Waals surface area (Å²) in [6.07, 6.45) is 4.75. The van der Waals surface area contributed by atoms with Gasteiger partial charge in [-0.15, -0.1) is 0 Å². The molecule has 5 heteroatoms. The maximum absolute atomic E-state index is 13.5. The minimum atomic E-state index is -0.856. The predicted molar refractivity (Wildman–Crippen MR) is 69.1 cm³/mol. The van der Waals surface area contributed by atoms with Crippen molar-refractivity contribution in [1.82, 2.24) is 4.98 Å². The van der Waals surface area contributed by atoms with Crippen LogP contribution < -0.4 is 4.74 Å². The third-order valence-electron chi connectivity index (χ3n) is 2.73. The second-order valence-electron chi connectivity index (χ2n) is 4.19. The summed E-state index contributed by atoms with van der Waals surface area (Å²) >= 11 is 0. The van der Waals surface area contributed by atoms with Gasteiger partial charge >= 0.3 is 0 Å². The Balaban J connectivity index is 1.90. The quantitative estimate of drug-likeness (QED) is 0.786. The Morgan fingerprint density at radius 2 is 1.80 bits per heavy atom. The van der Waals surface area contributed by atoms with Crippen molar-refractivity contribution in [2.45, 2.75) is 12.8 Å². The van der Waals surface area contributed by atoms with Crippen molar-refractivity contribution in [3.05, 3.63) is 59.4 Å². The smallest absolute Gasteiger partial charge is 0.190 e. The lowest BCUT2D eigenvalue weighted by Crippen LogP contribution is -2.03. The standard InChI is InChI=1S/C15H12F2N2O/c16-13-8-12(10-18)9-14(17)15(13)20-7-1-2-11-3-5-19-6-4-11/h3-6,8-9H,1-2,7H2.